The maximum Gasteiger partial charge on any atom is 0.416 e. The molecule has 0 aliphatic heterocycles. The summed E-state index contributed by atoms with van der Waals surface area (Å²) in [4.78, 5) is 23.5. The first-order valence-electron chi connectivity index (χ1n) is 7.99. The third-order valence-electron chi connectivity index (χ3n) is 3.94. The average Bonchev–Trinajstić information content (AvgIpc) is 2.66. The quantitative estimate of drug-likeness (QED) is 0.699. The molecule has 0 bridgehead atoms. The number of carboxylic acids is 1. The third kappa shape index (κ3) is 5.31. The van der Waals surface area contributed by atoms with E-state index in [1.165, 1.54) is 24.3 Å². The van der Waals surface area contributed by atoms with Crippen LogP contribution in [-0.4, -0.2) is 28.1 Å². The van der Waals surface area contributed by atoms with Gasteiger partial charge in [0.1, 0.15) is 6.04 Å². The van der Waals surface area contributed by atoms with Crippen molar-refractivity contribution in [2.24, 2.45) is 0 Å². The largest absolute Gasteiger partial charge is 0.480 e. The Bertz CT molecular complexity index is 887. The Kier molecular flexibility index (Phi) is 6.38. The van der Waals surface area contributed by atoms with Crippen LogP contribution in [0.25, 0.3) is 0 Å². The zero-order valence-corrected chi connectivity index (χ0v) is 14.3. The zero-order chi connectivity index (χ0) is 20.9. The molecule has 0 unspecified atom stereocenters. The maximum atomic E-state index is 12.6. The average molecular weight is 392 g/mol. The number of nitrogens with zero attached hydrogens (tertiary/aromatic N) is 1. The molecule has 1 amide bonds. The topological polar surface area (TPSA) is 110 Å². The summed E-state index contributed by atoms with van der Waals surface area (Å²) in [7, 11) is 0. The minimum absolute atomic E-state index is 0.104. The van der Waals surface area contributed by atoms with Gasteiger partial charge in [-0.3, -0.25) is 4.79 Å². The predicted octanol–water partition coefficient (Wildman–Crippen LogP) is 2.42. The highest BCUT2D eigenvalue weighted by Gasteiger charge is 2.31. The zero-order valence-electron chi connectivity index (χ0n) is 14.3. The lowest BCUT2D eigenvalue weighted by molar-refractivity contribution is -0.143. The van der Waals surface area contributed by atoms with Crippen LogP contribution in [0.1, 0.15) is 28.4 Å². The lowest BCUT2D eigenvalue weighted by Gasteiger charge is -2.18. The number of rotatable bonds is 6. The molecule has 0 aromatic heterocycles. The van der Waals surface area contributed by atoms with E-state index in [0.29, 0.717) is 11.1 Å². The molecule has 0 aliphatic carbocycles. The van der Waals surface area contributed by atoms with E-state index >= 15 is 0 Å². The SMILES string of the molecule is N#Cc1ccc(C[C@H](NC(=O)[C@@H](O)c2ccc(C(F)(F)F)cc2)C(=O)O)cc1. The first-order chi connectivity index (χ1) is 13.1. The number of aliphatic hydroxyl groups is 1. The number of alkyl halides is 3. The molecule has 0 fully saturated rings. The van der Waals surface area contributed by atoms with Crippen molar-refractivity contribution >= 4 is 11.9 Å². The normalized spacial score (nSPS) is 13.2. The summed E-state index contributed by atoms with van der Waals surface area (Å²) in [5, 5.41) is 30.2. The molecular weight excluding hydrogens is 377 g/mol. The minimum atomic E-state index is -4.55. The van der Waals surface area contributed by atoms with Crippen molar-refractivity contribution in [2.45, 2.75) is 24.7 Å². The molecule has 6 nitrogen and oxygen atoms in total. The van der Waals surface area contributed by atoms with E-state index in [1.54, 1.807) is 0 Å². The molecule has 3 N–H and O–H groups in total. The number of amides is 1. The van der Waals surface area contributed by atoms with Crippen molar-refractivity contribution in [3.05, 3.63) is 70.8 Å². The molecule has 0 spiro atoms. The summed E-state index contributed by atoms with van der Waals surface area (Å²) >= 11 is 0. The van der Waals surface area contributed by atoms with Gasteiger partial charge in [-0.1, -0.05) is 24.3 Å². The molecule has 0 saturated heterocycles. The highest BCUT2D eigenvalue weighted by Crippen LogP contribution is 2.30. The molecule has 0 radical (unpaired) electrons. The standard InChI is InChI=1S/C19H15F3N2O4/c20-19(21,22)14-7-5-13(6-8-14)16(25)17(26)24-15(18(27)28)9-11-1-3-12(10-23)4-2-11/h1-8,15-16,25H,9H2,(H,24,26)(H,27,28)/t15-,16-/m0/s1. The van der Waals surface area contributed by atoms with Crippen LogP contribution in [-0.2, 0) is 22.2 Å². The first-order valence-corrected chi connectivity index (χ1v) is 7.99. The van der Waals surface area contributed by atoms with Crippen LogP contribution >= 0.6 is 0 Å². The van der Waals surface area contributed by atoms with Gasteiger partial charge < -0.3 is 15.5 Å². The molecule has 28 heavy (non-hydrogen) atoms. The van der Waals surface area contributed by atoms with Crippen molar-refractivity contribution in [3.63, 3.8) is 0 Å². The number of aliphatic hydroxyl groups excluding tert-OH is 1. The maximum absolute atomic E-state index is 12.6. The summed E-state index contributed by atoms with van der Waals surface area (Å²) in [5.74, 6) is -2.40. The molecule has 2 atom stereocenters. The van der Waals surface area contributed by atoms with Crippen molar-refractivity contribution < 1.29 is 33.0 Å². The summed E-state index contributed by atoms with van der Waals surface area (Å²) in [6.45, 7) is 0. The highest BCUT2D eigenvalue weighted by atomic mass is 19.4. The van der Waals surface area contributed by atoms with Crippen LogP contribution in [0.5, 0.6) is 0 Å². The molecule has 2 rings (SSSR count). The number of nitriles is 1. The number of nitrogens with one attached hydrogen (secondary N) is 1. The predicted molar refractivity (Wildman–Crippen MR) is 90.8 cm³/mol. The van der Waals surface area contributed by atoms with Crippen molar-refractivity contribution in [2.75, 3.05) is 0 Å². The lowest BCUT2D eigenvalue weighted by atomic mass is 10.0. The highest BCUT2D eigenvalue weighted by molar-refractivity contribution is 5.87. The van der Waals surface area contributed by atoms with Gasteiger partial charge >= 0.3 is 12.1 Å². The Balaban J connectivity index is 2.08. The minimum Gasteiger partial charge on any atom is -0.480 e. The van der Waals surface area contributed by atoms with Crippen LogP contribution in [0.2, 0.25) is 0 Å². The fourth-order valence-corrected chi connectivity index (χ4v) is 2.41. The Hall–Kier alpha value is -3.38. The number of aliphatic carboxylic acids is 1. The molecule has 0 heterocycles. The van der Waals surface area contributed by atoms with E-state index in [-0.39, 0.29) is 12.0 Å². The van der Waals surface area contributed by atoms with Crippen LogP contribution in [0, 0.1) is 11.3 Å². The van der Waals surface area contributed by atoms with Crippen LogP contribution in [0.3, 0.4) is 0 Å². The van der Waals surface area contributed by atoms with Crippen molar-refractivity contribution in [1.29, 1.82) is 5.26 Å². The van der Waals surface area contributed by atoms with Crippen LogP contribution < -0.4 is 5.32 Å². The second-order valence-electron chi connectivity index (χ2n) is 5.93. The second-order valence-corrected chi connectivity index (χ2v) is 5.93. The summed E-state index contributed by atoms with van der Waals surface area (Å²) in [6, 6.07) is 9.94. The van der Waals surface area contributed by atoms with Gasteiger partial charge in [-0.05, 0) is 35.4 Å². The Morgan fingerprint density at radius 3 is 2.11 bits per heavy atom. The van der Waals surface area contributed by atoms with Gasteiger partial charge in [0.05, 0.1) is 17.2 Å². The summed E-state index contributed by atoms with van der Waals surface area (Å²) in [5.41, 5.74) is -0.116. The van der Waals surface area contributed by atoms with E-state index in [9.17, 15) is 33.0 Å². The van der Waals surface area contributed by atoms with Gasteiger partial charge in [0, 0.05) is 6.42 Å². The summed E-state index contributed by atoms with van der Waals surface area (Å²) in [6.07, 6.45) is -6.49. The van der Waals surface area contributed by atoms with Crippen LogP contribution in [0.4, 0.5) is 13.2 Å². The molecule has 2 aromatic carbocycles. The molecular formula is C19H15F3N2O4. The summed E-state index contributed by atoms with van der Waals surface area (Å²) < 4.78 is 37.7. The van der Waals surface area contributed by atoms with Gasteiger partial charge in [-0.15, -0.1) is 0 Å². The van der Waals surface area contributed by atoms with Gasteiger partial charge in [-0.2, -0.15) is 18.4 Å². The third-order valence-corrected chi connectivity index (χ3v) is 3.94. The lowest BCUT2D eigenvalue weighted by Crippen LogP contribution is -2.44. The Morgan fingerprint density at radius 1 is 1.07 bits per heavy atom. The molecule has 2 aromatic rings. The number of hydrogen-bond acceptors (Lipinski definition) is 4. The molecule has 0 saturated carbocycles. The van der Waals surface area contributed by atoms with E-state index in [0.717, 1.165) is 24.3 Å². The number of carboxylic acid groups (broad SMARTS) is 1. The Labute approximate surface area is 157 Å². The molecule has 0 aliphatic rings. The van der Waals surface area contributed by atoms with E-state index < -0.39 is 35.8 Å². The van der Waals surface area contributed by atoms with Crippen LogP contribution in [0.15, 0.2) is 48.5 Å². The molecule has 9 heteroatoms. The van der Waals surface area contributed by atoms with Crippen molar-refractivity contribution in [1.82, 2.24) is 5.32 Å². The smallest absolute Gasteiger partial charge is 0.416 e. The number of benzene rings is 2. The van der Waals surface area contributed by atoms with Crippen molar-refractivity contribution in [3.8, 4) is 6.07 Å². The van der Waals surface area contributed by atoms with E-state index in [4.69, 9.17) is 5.26 Å². The monoisotopic (exact) mass is 392 g/mol. The van der Waals surface area contributed by atoms with E-state index in [2.05, 4.69) is 5.32 Å². The fraction of sp³-hybridized carbons (Fsp3) is 0.211. The number of carbonyl (C=O) groups is 2. The fourth-order valence-electron chi connectivity index (χ4n) is 2.41. The van der Waals surface area contributed by atoms with Gasteiger partial charge in [0.25, 0.3) is 5.91 Å². The number of hydrogen-bond donors (Lipinski definition) is 3. The number of halogens is 3. The van der Waals surface area contributed by atoms with Gasteiger partial charge in [0.2, 0.25) is 0 Å². The van der Waals surface area contributed by atoms with Gasteiger partial charge in [-0.25, -0.2) is 4.79 Å². The van der Waals surface area contributed by atoms with E-state index in [1.807, 2.05) is 6.07 Å². The first kappa shape index (κ1) is 20.9. The second kappa shape index (κ2) is 8.54. The number of carbonyl (C=O) groups excluding carboxylic acids is 1. The molecule has 146 valence electrons. The Morgan fingerprint density at radius 2 is 1.64 bits per heavy atom. The van der Waals surface area contributed by atoms with Gasteiger partial charge in [0.15, 0.2) is 6.10 Å².